The van der Waals surface area contributed by atoms with Crippen molar-refractivity contribution in [2.75, 3.05) is 12.4 Å². The molecule has 0 unspecified atom stereocenters. The first kappa shape index (κ1) is 20.3. The van der Waals surface area contributed by atoms with E-state index >= 15 is 0 Å². The third-order valence-electron chi connectivity index (χ3n) is 4.48. The van der Waals surface area contributed by atoms with Gasteiger partial charge in [-0.15, -0.1) is 21.5 Å². The molecule has 0 fully saturated rings. The molecule has 8 nitrogen and oxygen atoms in total. The smallest absolute Gasteiger partial charge is 0.262 e. The van der Waals surface area contributed by atoms with Crippen molar-refractivity contribution in [1.29, 1.82) is 0 Å². The molecule has 4 aromatic rings. The standard InChI is InChI=1S/C20H19N5O3S2/c1-12-16(13-6-4-3-5-7-13)17-18(29-12)21-11-25(19(17)27)9-8-14(26)22-20-24-23-15(30-20)10-28-2/h3-7,11H,8-10H2,1-2H3,(H,22,24,26). The minimum Gasteiger partial charge on any atom is -0.377 e. The van der Waals surface area contributed by atoms with Crippen molar-refractivity contribution in [3.63, 3.8) is 0 Å². The normalized spacial score (nSPS) is 11.1. The van der Waals surface area contributed by atoms with E-state index in [4.69, 9.17) is 4.74 Å². The number of hydrogen-bond acceptors (Lipinski definition) is 8. The lowest BCUT2D eigenvalue weighted by atomic mass is 10.0. The molecular formula is C20H19N5O3S2. The number of rotatable bonds is 7. The molecule has 10 heteroatoms. The number of nitrogens with zero attached hydrogens (tertiary/aromatic N) is 4. The molecule has 154 valence electrons. The van der Waals surface area contributed by atoms with Crippen LogP contribution >= 0.6 is 22.7 Å². The molecule has 0 spiro atoms. The average Bonchev–Trinajstić information content (AvgIpc) is 3.32. The fraction of sp³-hybridized carbons (Fsp3) is 0.250. The van der Waals surface area contributed by atoms with Crippen molar-refractivity contribution >= 4 is 43.9 Å². The minimum absolute atomic E-state index is 0.121. The Labute approximate surface area is 180 Å². The summed E-state index contributed by atoms with van der Waals surface area (Å²) in [6.07, 6.45) is 1.63. The van der Waals surface area contributed by atoms with Gasteiger partial charge in [0, 0.05) is 30.5 Å². The summed E-state index contributed by atoms with van der Waals surface area (Å²) in [5, 5.41) is 12.2. The van der Waals surface area contributed by atoms with Gasteiger partial charge in [0.25, 0.3) is 5.56 Å². The number of methoxy groups -OCH3 is 1. The maximum atomic E-state index is 13.1. The van der Waals surface area contributed by atoms with Crippen molar-refractivity contribution in [1.82, 2.24) is 19.7 Å². The first-order valence-electron chi connectivity index (χ1n) is 9.22. The Balaban J connectivity index is 1.54. The quantitative estimate of drug-likeness (QED) is 0.472. The number of aryl methyl sites for hydroxylation is 2. The van der Waals surface area contributed by atoms with Gasteiger partial charge in [-0.25, -0.2) is 4.98 Å². The molecule has 0 aliphatic heterocycles. The Bertz CT molecular complexity index is 1250. The molecule has 1 N–H and O–H groups in total. The van der Waals surface area contributed by atoms with E-state index < -0.39 is 0 Å². The summed E-state index contributed by atoms with van der Waals surface area (Å²) in [6.45, 7) is 2.56. The van der Waals surface area contributed by atoms with Crippen LogP contribution in [0.4, 0.5) is 5.13 Å². The van der Waals surface area contributed by atoms with Gasteiger partial charge < -0.3 is 10.1 Å². The molecule has 0 atom stereocenters. The maximum absolute atomic E-state index is 13.1. The van der Waals surface area contributed by atoms with Gasteiger partial charge in [-0.05, 0) is 12.5 Å². The Hall–Kier alpha value is -2.95. The first-order valence-corrected chi connectivity index (χ1v) is 10.8. The molecule has 3 heterocycles. The molecular weight excluding hydrogens is 422 g/mol. The fourth-order valence-electron chi connectivity index (χ4n) is 3.14. The average molecular weight is 442 g/mol. The SMILES string of the molecule is COCc1nnc(NC(=O)CCn2cnc3sc(C)c(-c4ccccc4)c3c2=O)s1. The van der Waals surface area contributed by atoms with Crippen LogP contribution in [-0.4, -0.2) is 32.8 Å². The first-order chi connectivity index (χ1) is 14.6. The van der Waals surface area contributed by atoms with Crippen molar-refractivity contribution in [2.45, 2.75) is 26.5 Å². The van der Waals surface area contributed by atoms with Crippen LogP contribution in [0.3, 0.4) is 0 Å². The van der Waals surface area contributed by atoms with Crippen molar-refractivity contribution in [3.05, 3.63) is 56.9 Å². The second-order valence-corrected chi connectivity index (χ2v) is 8.82. The number of benzene rings is 1. The van der Waals surface area contributed by atoms with Crippen LogP contribution in [0.25, 0.3) is 21.3 Å². The molecule has 4 rings (SSSR count). The lowest BCUT2D eigenvalue weighted by Crippen LogP contribution is -2.23. The molecule has 1 amide bonds. The second kappa shape index (κ2) is 8.82. The van der Waals surface area contributed by atoms with Crippen LogP contribution in [0.5, 0.6) is 0 Å². The molecule has 1 aromatic carbocycles. The van der Waals surface area contributed by atoms with Crippen LogP contribution in [0, 0.1) is 6.92 Å². The van der Waals surface area contributed by atoms with E-state index in [1.54, 1.807) is 7.11 Å². The number of anilines is 1. The van der Waals surface area contributed by atoms with Crippen molar-refractivity contribution in [3.8, 4) is 11.1 Å². The largest absolute Gasteiger partial charge is 0.377 e. The van der Waals surface area contributed by atoms with E-state index in [1.165, 1.54) is 33.6 Å². The molecule has 0 aliphatic carbocycles. The lowest BCUT2D eigenvalue weighted by molar-refractivity contribution is -0.116. The highest BCUT2D eigenvalue weighted by Crippen LogP contribution is 2.35. The zero-order valence-corrected chi connectivity index (χ0v) is 18.0. The highest BCUT2D eigenvalue weighted by molar-refractivity contribution is 7.19. The highest BCUT2D eigenvalue weighted by atomic mass is 32.1. The van der Waals surface area contributed by atoms with Gasteiger partial charge in [-0.3, -0.25) is 14.2 Å². The van der Waals surface area contributed by atoms with Crippen molar-refractivity contribution < 1.29 is 9.53 Å². The molecule has 0 saturated carbocycles. The molecule has 0 aliphatic rings. The Kier molecular flexibility index (Phi) is 5.98. The molecule has 0 saturated heterocycles. The number of hydrogen-bond donors (Lipinski definition) is 1. The van der Waals surface area contributed by atoms with Gasteiger partial charge in [0.2, 0.25) is 11.0 Å². The van der Waals surface area contributed by atoms with Crippen LogP contribution in [-0.2, 0) is 22.7 Å². The summed E-state index contributed by atoms with van der Waals surface area (Å²) < 4.78 is 6.48. The van der Waals surface area contributed by atoms with Gasteiger partial charge in [-0.2, -0.15) is 0 Å². The highest BCUT2D eigenvalue weighted by Gasteiger charge is 2.17. The third-order valence-corrected chi connectivity index (χ3v) is 6.30. The number of carbonyl (C=O) groups excluding carboxylic acids is 1. The van der Waals surface area contributed by atoms with Gasteiger partial charge in [-0.1, -0.05) is 41.7 Å². The van der Waals surface area contributed by atoms with Gasteiger partial charge >= 0.3 is 0 Å². The van der Waals surface area contributed by atoms with E-state index in [-0.39, 0.29) is 24.4 Å². The molecule has 30 heavy (non-hydrogen) atoms. The number of nitrogens with one attached hydrogen (secondary N) is 1. The summed E-state index contributed by atoms with van der Waals surface area (Å²) in [5.74, 6) is -0.244. The predicted octanol–water partition coefficient (Wildman–Crippen LogP) is 3.46. The Morgan fingerprint density at radius 1 is 1.20 bits per heavy atom. The third kappa shape index (κ3) is 4.16. The monoisotopic (exact) mass is 441 g/mol. The van der Waals surface area contributed by atoms with Crippen LogP contribution < -0.4 is 10.9 Å². The summed E-state index contributed by atoms with van der Waals surface area (Å²) >= 11 is 2.76. The predicted molar refractivity (Wildman–Crippen MR) is 118 cm³/mol. The zero-order chi connectivity index (χ0) is 21.1. The van der Waals surface area contributed by atoms with E-state index in [0.717, 1.165) is 16.0 Å². The summed E-state index contributed by atoms with van der Waals surface area (Å²) in [7, 11) is 1.57. The fourth-order valence-corrected chi connectivity index (χ4v) is 4.87. The number of ether oxygens (including phenoxy) is 1. The number of aromatic nitrogens is 4. The molecule has 0 radical (unpaired) electrons. The Morgan fingerprint density at radius 2 is 2.00 bits per heavy atom. The Morgan fingerprint density at radius 3 is 2.77 bits per heavy atom. The van der Waals surface area contributed by atoms with Gasteiger partial charge in [0.15, 0.2) is 0 Å². The van der Waals surface area contributed by atoms with E-state index in [1.807, 2.05) is 37.3 Å². The lowest BCUT2D eigenvalue weighted by Gasteiger charge is -2.06. The van der Waals surface area contributed by atoms with Crippen LogP contribution in [0.1, 0.15) is 16.3 Å². The minimum atomic E-state index is -0.244. The summed E-state index contributed by atoms with van der Waals surface area (Å²) in [4.78, 5) is 31.6. The molecule has 0 bridgehead atoms. The topological polar surface area (TPSA) is 99.0 Å². The van der Waals surface area contributed by atoms with Crippen molar-refractivity contribution in [2.24, 2.45) is 0 Å². The van der Waals surface area contributed by atoms with Gasteiger partial charge in [0.05, 0.1) is 11.7 Å². The van der Waals surface area contributed by atoms with E-state index in [0.29, 0.717) is 27.0 Å². The van der Waals surface area contributed by atoms with E-state index in [2.05, 4.69) is 20.5 Å². The van der Waals surface area contributed by atoms with Crippen LogP contribution in [0.2, 0.25) is 0 Å². The number of carbonyl (C=O) groups is 1. The number of amides is 1. The summed E-state index contributed by atoms with van der Waals surface area (Å²) in [5.41, 5.74) is 1.75. The second-order valence-electron chi connectivity index (χ2n) is 6.55. The number of fused-ring (bicyclic) bond motifs is 1. The van der Waals surface area contributed by atoms with E-state index in [9.17, 15) is 9.59 Å². The van der Waals surface area contributed by atoms with Crippen LogP contribution in [0.15, 0.2) is 41.5 Å². The maximum Gasteiger partial charge on any atom is 0.262 e. The van der Waals surface area contributed by atoms with Gasteiger partial charge in [0.1, 0.15) is 16.4 Å². The summed E-state index contributed by atoms with van der Waals surface area (Å²) in [6, 6.07) is 9.81. The molecule has 3 aromatic heterocycles. The zero-order valence-electron chi connectivity index (χ0n) is 16.4. The number of thiophene rings is 1.